The summed E-state index contributed by atoms with van der Waals surface area (Å²) >= 11 is 6.57. The Bertz CT molecular complexity index is 1880. The molecule has 0 fully saturated rings. The van der Waals surface area contributed by atoms with Gasteiger partial charge in [-0.2, -0.15) is 13.2 Å². The highest BCUT2D eigenvalue weighted by Crippen LogP contribution is 2.36. The molecule has 5 rings (SSSR count). The van der Waals surface area contributed by atoms with Crippen LogP contribution in [0.3, 0.4) is 0 Å². The second-order valence-corrected chi connectivity index (χ2v) is 13.6. The second kappa shape index (κ2) is 15.7. The van der Waals surface area contributed by atoms with Crippen molar-refractivity contribution in [3.8, 4) is 16.9 Å². The van der Waals surface area contributed by atoms with Crippen molar-refractivity contribution in [2.45, 2.75) is 77.8 Å². The first kappa shape index (κ1) is 37.6. The van der Waals surface area contributed by atoms with Crippen molar-refractivity contribution in [2.24, 2.45) is 0 Å². The fourth-order valence-electron chi connectivity index (χ4n) is 5.95. The number of esters is 1. The molecular weight excluding hydrogens is 688 g/mol. The first-order valence-corrected chi connectivity index (χ1v) is 17.0. The van der Waals surface area contributed by atoms with Gasteiger partial charge in [-0.25, -0.2) is 19.0 Å². The molecule has 0 saturated carbocycles. The third-order valence-electron chi connectivity index (χ3n) is 8.37. The van der Waals surface area contributed by atoms with Gasteiger partial charge in [-0.05, 0) is 118 Å². The molecular formula is C39H39ClF4N2O5. The monoisotopic (exact) mass is 726 g/mol. The van der Waals surface area contributed by atoms with E-state index in [2.05, 4.69) is 4.98 Å². The zero-order chi connectivity index (χ0) is 36.9. The summed E-state index contributed by atoms with van der Waals surface area (Å²) in [6.07, 6.45) is -2.73. The van der Waals surface area contributed by atoms with Gasteiger partial charge in [0.05, 0.1) is 18.2 Å². The molecule has 270 valence electrons. The molecule has 3 aromatic carbocycles. The predicted molar refractivity (Wildman–Crippen MR) is 185 cm³/mol. The van der Waals surface area contributed by atoms with Crippen LogP contribution in [-0.2, 0) is 35.1 Å². The van der Waals surface area contributed by atoms with Crippen molar-refractivity contribution in [3.63, 3.8) is 0 Å². The average Bonchev–Trinajstić information content (AvgIpc) is 3.07. The van der Waals surface area contributed by atoms with Gasteiger partial charge in [-0.1, -0.05) is 41.9 Å². The van der Waals surface area contributed by atoms with Crippen LogP contribution in [0, 0.1) is 5.82 Å². The summed E-state index contributed by atoms with van der Waals surface area (Å²) < 4.78 is 70.6. The Morgan fingerprint density at radius 1 is 0.941 bits per heavy atom. The molecule has 12 heteroatoms. The lowest BCUT2D eigenvalue weighted by Gasteiger charge is -2.36. The van der Waals surface area contributed by atoms with Crippen molar-refractivity contribution in [1.29, 1.82) is 0 Å². The van der Waals surface area contributed by atoms with E-state index >= 15 is 0 Å². The molecule has 0 bridgehead atoms. The predicted octanol–water partition coefficient (Wildman–Crippen LogP) is 10.2. The van der Waals surface area contributed by atoms with Crippen molar-refractivity contribution >= 4 is 23.7 Å². The molecule has 1 aliphatic rings. The molecule has 1 aliphatic carbocycles. The van der Waals surface area contributed by atoms with E-state index in [1.807, 2.05) is 0 Å². The highest BCUT2D eigenvalue weighted by molar-refractivity contribution is 6.31. The van der Waals surface area contributed by atoms with Gasteiger partial charge in [0.2, 0.25) is 0 Å². The van der Waals surface area contributed by atoms with Gasteiger partial charge in [0.15, 0.2) is 0 Å². The summed E-state index contributed by atoms with van der Waals surface area (Å²) in [5, 5.41) is 0.350. The molecule has 0 radical (unpaired) electrons. The topological polar surface area (TPSA) is 78.0 Å². The van der Waals surface area contributed by atoms with E-state index in [0.717, 1.165) is 24.1 Å². The third-order valence-corrected chi connectivity index (χ3v) is 8.73. The maximum absolute atomic E-state index is 14.6. The number of benzene rings is 3. The lowest BCUT2D eigenvalue weighted by Crippen LogP contribution is -2.41. The van der Waals surface area contributed by atoms with Crippen molar-refractivity contribution in [1.82, 2.24) is 9.88 Å². The van der Waals surface area contributed by atoms with Gasteiger partial charge < -0.3 is 19.1 Å². The van der Waals surface area contributed by atoms with Crippen LogP contribution in [0.15, 0.2) is 72.8 Å². The number of rotatable bonds is 10. The number of aromatic nitrogens is 1. The first-order valence-electron chi connectivity index (χ1n) is 16.7. The maximum Gasteiger partial charge on any atom is 0.416 e. The molecule has 7 nitrogen and oxygen atoms in total. The van der Waals surface area contributed by atoms with E-state index in [9.17, 15) is 27.2 Å². The molecule has 0 aliphatic heterocycles. The van der Waals surface area contributed by atoms with E-state index < -0.39 is 41.3 Å². The number of amides is 1. The number of alkyl halides is 3. The summed E-state index contributed by atoms with van der Waals surface area (Å²) in [6.45, 7) is 7.50. The van der Waals surface area contributed by atoms with E-state index in [1.54, 1.807) is 62.9 Å². The molecule has 1 unspecified atom stereocenters. The Balaban J connectivity index is 1.34. The molecule has 1 atom stereocenters. The van der Waals surface area contributed by atoms with Crippen LogP contribution in [0.2, 0.25) is 5.02 Å². The number of nitrogens with zero attached hydrogens (tertiary/aromatic N) is 2. The molecule has 1 aromatic heterocycles. The largest absolute Gasteiger partial charge is 0.489 e. The SMILES string of the molecule is CCOC(=O)c1ccc2c(n1)CCCC2N(CCc1cc(F)ccc1OCc1ccc(-c2ccc(C(F)(F)F)cc2)cc1Cl)C(=O)OC(C)(C)C. The molecule has 0 N–H and O–H groups in total. The van der Waals surface area contributed by atoms with Crippen molar-refractivity contribution in [3.05, 3.63) is 117 Å². The molecule has 0 spiro atoms. The molecule has 0 saturated heterocycles. The Labute approximate surface area is 299 Å². The zero-order valence-corrected chi connectivity index (χ0v) is 29.5. The fourth-order valence-corrected chi connectivity index (χ4v) is 6.18. The van der Waals surface area contributed by atoms with Crippen molar-refractivity contribution in [2.75, 3.05) is 13.2 Å². The molecule has 51 heavy (non-hydrogen) atoms. The van der Waals surface area contributed by atoms with Crippen LogP contribution in [0.4, 0.5) is 22.4 Å². The minimum atomic E-state index is -4.43. The molecule has 1 heterocycles. The smallest absolute Gasteiger partial charge is 0.416 e. The fraction of sp³-hybridized carbons (Fsp3) is 0.359. The van der Waals surface area contributed by atoms with Gasteiger partial charge in [0.1, 0.15) is 29.5 Å². The number of ether oxygens (including phenoxy) is 3. The Morgan fingerprint density at radius 3 is 2.33 bits per heavy atom. The lowest BCUT2D eigenvalue weighted by molar-refractivity contribution is -0.137. The second-order valence-electron chi connectivity index (χ2n) is 13.2. The third kappa shape index (κ3) is 9.58. The summed E-state index contributed by atoms with van der Waals surface area (Å²) in [6, 6.07) is 17.1. The first-order chi connectivity index (χ1) is 24.1. The van der Waals surface area contributed by atoms with E-state index in [-0.39, 0.29) is 31.9 Å². The normalized spacial score (nSPS) is 14.4. The van der Waals surface area contributed by atoms with Crippen LogP contribution >= 0.6 is 11.6 Å². The standard InChI is InChI=1S/C39H39ClF4N2O5/c1-5-49-36(47)33-17-16-30-32(45-33)7-6-8-34(30)46(37(48)51-38(2,3)4)20-19-26-21-29(41)15-18-35(26)50-23-27-10-9-25(22-31(27)40)24-11-13-28(14-12-24)39(42,43)44/h9-18,21-22,34H,5-8,19-20,23H2,1-4H3. The maximum atomic E-state index is 14.6. The number of fused-ring (bicyclic) bond motifs is 1. The zero-order valence-electron chi connectivity index (χ0n) is 28.8. The van der Waals surface area contributed by atoms with Crippen LogP contribution in [0.5, 0.6) is 5.75 Å². The Morgan fingerprint density at radius 2 is 1.67 bits per heavy atom. The van der Waals surface area contributed by atoms with Crippen LogP contribution in [0.25, 0.3) is 11.1 Å². The van der Waals surface area contributed by atoms with Crippen LogP contribution in [-0.4, -0.2) is 40.7 Å². The number of carbonyl (C=O) groups is 2. The summed E-state index contributed by atoms with van der Waals surface area (Å²) in [5.74, 6) is -0.589. The van der Waals surface area contributed by atoms with Gasteiger partial charge >= 0.3 is 18.2 Å². The number of aryl methyl sites for hydroxylation is 1. The minimum Gasteiger partial charge on any atom is -0.489 e. The van der Waals surface area contributed by atoms with Crippen LogP contribution < -0.4 is 4.74 Å². The van der Waals surface area contributed by atoms with E-state index in [4.69, 9.17) is 25.8 Å². The minimum absolute atomic E-state index is 0.0327. The number of halogens is 5. The lowest BCUT2D eigenvalue weighted by atomic mass is 9.89. The summed E-state index contributed by atoms with van der Waals surface area (Å²) in [7, 11) is 0. The van der Waals surface area contributed by atoms with E-state index in [1.165, 1.54) is 30.3 Å². The summed E-state index contributed by atoms with van der Waals surface area (Å²) in [4.78, 5) is 32.2. The van der Waals surface area contributed by atoms with Gasteiger partial charge in [-0.3, -0.25) is 0 Å². The Kier molecular flexibility index (Phi) is 11.6. The highest BCUT2D eigenvalue weighted by atomic mass is 35.5. The van der Waals surface area contributed by atoms with Crippen LogP contribution in [0.1, 0.15) is 85.0 Å². The van der Waals surface area contributed by atoms with Gasteiger partial charge in [0.25, 0.3) is 0 Å². The van der Waals surface area contributed by atoms with Gasteiger partial charge in [-0.15, -0.1) is 0 Å². The summed E-state index contributed by atoms with van der Waals surface area (Å²) in [5.41, 5.74) is 2.56. The highest BCUT2D eigenvalue weighted by Gasteiger charge is 2.34. The molecule has 1 amide bonds. The molecule has 4 aromatic rings. The van der Waals surface area contributed by atoms with Gasteiger partial charge in [0, 0.05) is 22.8 Å². The van der Waals surface area contributed by atoms with E-state index in [0.29, 0.717) is 51.6 Å². The number of pyridine rings is 1. The van der Waals surface area contributed by atoms with Crippen molar-refractivity contribution < 1.29 is 41.4 Å². The number of hydrogen-bond donors (Lipinski definition) is 0. The average molecular weight is 727 g/mol. The number of carbonyl (C=O) groups excluding carboxylic acids is 2. The number of hydrogen-bond acceptors (Lipinski definition) is 6. The Hall–Kier alpha value is -4.64. The quantitative estimate of drug-likeness (QED) is 0.120.